The molecule has 0 unspecified atom stereocenters. The summed E-state index contributed by atoms with van der Waals surface area (Å²) in [6.07, 6.45) is 0.670. The van der Waals surface area contributed by atoms with Crippen molar-refractivity contribution in [2.45, 2.75) is 19.3 Å². The van der Waals surface area contributed by atoms with Crippen LogP contribution in [0.15, 0.2) is 24.4 Å². The van der Waals surface area contributed by atoms with Crippen LogP contribution in [0.2, 0.25) is 0 Å². The van der Waals surface area contributed by atoms with Crippen LogP contribution in [0.4, 0.5) is 8.78 Å². The summed E-state index contributed by atoms with van der Waals surface area (Å²) in [7, 11) is 0. The van der Waals surface area contributed by atoms with Crippen molar-refractivity contribution in [1.29, 1.82) is 0 Å². The van der Waals surface area contributed by atoms with E-state index in [0.717, 1.165) is 0 Å². The third-order valence-corrected chi connectivity index (χ3v) is 1.70. The maximum Gasteiger partial charge on any atom is 0.377 e. The number of halogens is 2. The molecule has 0 saturated carbocycles. The van der Waals surface area contributed by atoms with Crippen LogP contribution >= 0.6 is 0 Å². The molecule has 0 amide bonds. The van der Waals surface area contributed by atoms with E-state index in [0.29, 0.717) is 0 Å². The Bertz CT molecular complexity index is 327. The van der Waals surface area contributed by atoms with Crippen LogP contribution in [0.25, 0.3) is 0 Å². The van der Waals surface area contributed by atoms with Crippen LogP contribution in [0.1, 0.15) is 12.6 Å². The van der Waals surface area contributed by atoms with Crippen LogP contribution in [0, 0.1) is 0 Å². The lowest BCUT2D eigenvalue weighted by molar-refractivity contribution is -0.171. The van der Waals surface area contributed by atoms with Crippen molar-refractivity contribution in [3.8, 4) is 0 Å². The third kappa shape index (κ3) is 3.27. The lowest BCUT2D eigenvalue weighted by Crippen LogP contribution is -2.33. The van der Waals surface area contributed by atoms with Gasteiger partial charge >= 0.3 is 11.9 Å². The number of alkyl halides is 2. The second-order valence-electron chi connectivity index (χ2n) is 2.92. The monoisotopic (exact) mass is 215 g/mol. The number of aromatic nitrogens is 1. The molecule has 0 atom stereocenters. The summed E-state index contributed by atoms with van der Waals surface area (Å²) in [5.41, 5.74) is 0.163. The second kappa shape index (κ2) is 4.82. The zero-order chi connectivity index (χ0) is 11.3. The van der Waals surface area contributed by atoms with E-state index < -0.39 is 18.3 Å². The summed E-state index contributed by atoms with van der Waals surface area (Å²) in [6, 6.07) is 4.64. The highest BCUT2D eigenvalue weighted by atomic mass is 19.3. The molecule has 0 saturated heterocycles. The van der Waals surface area contributed by atoms with Gasteiger partial charge in [0.25, 0.3) is 0 Å². The molecule has 1 rings (SSSR count). The van der Waals surface area contributed by atoms with E-state index in [1.165, 1.54) is 19.2 Å². The highest BCUT2D eigenvalue weighted by molar-refractivity contribution is 5.77. The van der Waals surface area contributed by atoms with Crippen LogP contribution in [-0.2, 0) is 16.0 Å². The molecule has 0 aliphatic heterocycles. The number of hydrogen-bond donors (Lipinski definition) is 0. The molecule has 15 heavy (non-hydrogen) atoms. The van der Waals surface area contributed by atoms with Gasteiger partial charge in [0.05, 0.1) is 13.0 Å². The molecule has 0 fully saturated rings. The van der Waals surface area contributed by atoms with Gasteiger partial charge in [-0.1, -0.05) is 6.07 Å². The largest absolute Gasteiger partial charge is 0.462 e. The maximum absolute atomic E-state index is 13.2. The number of ether oxygens (including phenoxy) is 1. The Morgan fingerprint density at radius 1 is 1.53 bits per heavy atom. The molecule has 3 nitrogen and oxygen atoms in total. The second-order valence-corrected chi connectivity index (χ2v) is 2.92. The molecule has 1 heterocycles. The first-order chi connectivity index (χ1) is 7.06. The Labute approximate surface area is 86.1 Å². The Kier molecular flexibility index (Phi) is 3.71. The van der Waals surface area contributed by atoms with Gasteiger partial charge in [-0.05, 0) is 19.1 Å². The van der Waals surface area contributed by atoms with Gasteiger partial charge in [0.1, 0.15) is 0 Å². The molecule has 82 valence electrons. The van der Waals surface area contributed by atoms with Crippen molar-refractivity contribution in [2.24, 2.45) is 0 Å². The number of esters is 1. The fraction of sp³-hybridized carbons (Fsp3) is 0.400. The van der Waals surface area contributed by atoms with E-state index in [2.05, 4.69) is 9.72 Å². The van der Waals surface area contributed by atoms with Crippen molar-refractivity contribution in [3.05, 3.63) is 30.1 Å². The quantitative estimate of drug-likeness (QED) is 0.719. The normalized spacial score (nSPS) is 11.1. The molecule has 0 bridgehead atoms. The number of carbonyl (C=O) groups excluding carboxylic acids is 1. The summed E-state index contributed by atoms with van der Waals surface area (Å²) in [6.45, 7) is 1.42. The van der Waals surface area contributed by atoms with Gasteiger partial charge in [-0.3, -0.25) is 4.98 Å². The first kappa shape index (κ1) is 11.6. The van der Waals surface area contributed by atoms with Crippen molar-refractivity contribution in [3.63, 3.8) is 0 Å². The molecule has 5 heteroatoms. The molecule has 1 aromatic heterocycles. The molecule has 1 aromatic rings. The van der Waals surface area contributed by atoms with Gasteiger partial charge < -0.3 is 4.74 Å². The highest BCUT2D eigenvalue weighted by Gasteiger charge is 2.40. The van der Waals surface area contributed by atoms with Gasteiger partial charge in [-0.15, -0.1) is 0 Å². The van der Waals surface area contributed by atoms with E-state index in [1.807, 2.05) is 0 Å². The lowest BCUT2D eigenvalue weighted by Gasteiger charge is -2.13. The molecule has 0 aliphatic rings. The summed E-state index contributed by atoms with van der Waals surface area (Å²) in [5, 5.41) is 0. The molecule has 0 aromatic carbocycles. The van der Waals surface area contributed by atoms with Crippen LogP contribution in [0.3, 0.4) is 0 Å². The highest BCUT2D eigenvalue weighted by Crippen LogP contribution is 2.20. The Hall–Kier alpha value is -1.52. The molecule has 0 aliphatic carbocycles. The van der Waals surface area contributed by atoms with Gasteiger partial charge in [-0.2, -0.15) is 8.78 Å². The van der Waals surface area contributed by atoms with Crippen molar-refractivity contribution < 1.29 is 18.3 Å². The maximum atomic E-state index is 13.2. The number of nitrogens with zero attached hydrogens (tertiary/aromatic N) is 1. The number of hydrogen-bond acceptors (Lipinski definition) is 3. The first-order valence-corrected chi connectivity index (χ1v) is 4.51. The lowest BCUT2D eigenvalue weighted by atomic mass is 10.1. The minimum Gasteiger partial charge on any atom is -0.462 e. The minimum atomic E-state index is -3.51. The van der Waals surface area contributed by atoms with Crippen LogP contribution < -0.4 is 0 Å². The number of rotatable bonds is 4. The summed E-state index contributed by atoms with van der Waals surface area (Å²) >= 11 is 0. The number of pyridine rings is 1. The fourth-order valence-electron chi connectivity index (χ4n) is 1.04. The third-order valence-electron chi connectivity index (χ3n) is 1.70. The average Bonchev–Trinajstić information content (AvgIpc) is 2.19. The molecular weight excluding hydrogens is 204 g/mol. The van der Waals surface area contributed by atoms with E-state index in [1.54, 1.807) is 12.1 Å². The Morgan fingerprint density at radius 2 is 2.27 bits per heavy atom. The smallest absolute Gasteiger partial charge is 0.377 e. The molecule has 0 N–H and O–H groups in total. The predicted molar refractivity (Wildman–Crippen MR) is 49.5 cm³/mol. The van der Waals surface area contributed by atoms with E-state index in [9.17, 15) is 13.6 Å². The van der Waals surface area contributed by atoms with Crippen LogP contribution in [0.5, 0.6) is 0 Å². The number of carbonyl (C=O) groups is 1. The average molecular weight is 215 g/mol. The van der Waals surface area contributed by atoms with E-state index in [4.69, 9.17) is 0 Å². The SMILES string of the molecule is CCOC(=O)C(F)(F)Cc1ccccn1. The topological polar surface area (TPSA) is 39.2 Å². The summed E-state index contributed by atoms with van der Waals surface area (Å²) < 4.78 is 30.6. The Balaban J connectivity index is 2.68. The Morgan fingerprint density at radius 3 is 2.80 bits per heavy atom. The van der Waals surface area contributed by atoms with Gasteiger partial charge in [-0.25, -0.2) is 4.79 Å². The van der Waals surface area contributed by atoms with E-state index in [-0.39, 0.29) is 12.3 Å². The van der Waals surface area contributed by atoms with Crippen molar-refractivity contribution >= 4 is 5.97 Å². The molecule has 0 radical (unpaired) electrons. The standard InChI is InChI=1S/C10H11F2NO2/c1-2-15-9(14)10(11,12)7-8-5-3-4-6-13-8/h3-6H,2,7H2,1H3. The molecule has 0 spiro atoms. The van der Waals surface area contributed by atoms with Crippen molar-refractivity contribution in [1.82, 2.24) is 4.98 Å². The van der Waals surface area contributed by atoms with Crippen LogP contribution in [-0.4, -0.2) is 23.5 Å². The first-order valence-electron chi connectivity index (χ1n) is 4.51. The zero-order valence-electron chi connectivity index (χ0n) is 8.24. The van der Waals surface area contributed by atoms with E-state index >= 15 is 0 Å². The van der Waals surface area contributed by atoms with Gasteiger partial charge in [0, 0.05) is 11.9 Å². The van der Waals surface area contributed by atoms with Crippen molar-refractivity contribution in [2.75, 3.05) is 6.61 Å². The summed E-state index contributed by atoms with van der Waals surface area (Å²) in [5.74, 6) is -5.01. The zero-order valence-corrected chi connectivity index (χ0v) is 8.24. The minimum absolute atomic E-state index is 0.0589. The fourth-order valence-corrected chi connectivity index (χ4v) is 1.04. The van der Waals surface area contributed by atoms with Gasteiger partial charge in [0.2, 0.25) is 0 Å². The molecular formula is C10H11F2NO2. The van der Waals surface area contributed by atoms with Gasteiger partial charge in [0.15, 0.2) is 0 Å². The predicted octanol–water partition coefficient (Wildman–Crippen LogP) is 1.82. The summed E-state index contributed by atoms with van der Waals surface area (Å²) in [4.78, 5) is 14.6.